The molecule has 1 atom stereocenters. The smallest absolute Gasteiger partial charge is 0.246 e. The molecule has 13 heteroatoms. The second kappa shape index (κ2) is 12.9. The van der Waals surface area contributed by atoms with Crippen molar-refractivity contribution in [2.45, 2.75) is 19.1 Å². The molecule has 4 aromatic rings. The van der Waals surface area contributed by atoms with Crippen LogP contribution in [-0.4, -0.2) is 68.3 Å². The van der Waals surface area contributed by atoms with Crippen molar-refractivity contribution in [2.24, 2.45) is 0 Å². The van der Waals surface area contributed by atoms with Gasteiger partial charge in [0, 0.05) is 24.2 Å². The zero-order valence-electron chi connectivity index (χ0n) is 20.3. The van der Waals surface area contributed by atoms with Crippen LogP contribution < -0.4 is 20.7 Å². The van der Waals surface area contributed by atoms with E-state index in [-0.39, 0.29) is 18.8 Å². The molecule has 2 aromatic carbocycles. The lowest BCUT2D eigenvalue weighted by Crippen LogP contribution is -2.30. The van der Waals surface area contributed by atoms with Gasteiger partial charge >= 0.3 is 0 Å². The maximum Gasteiger partial charge on any atom is 0.246 e. The van der Waals surface area contributed by atoms with E-state index in [4.69, 9.17) is 9.84 Å². The quantitative estimate of drug-likeness (QED) is 0.165. The van der Waals surface area contributed by atoms with Gasteiger partial charge in [-0.3, -0.25) is 9.48 Å². The molecule has 0 spiro atoms. The van der Waals surface area contributed by atoms with Crippen molar-refractivity contribution in [1.29, 1.82) is 0 Å². The minimum absolute atomic E-state index is 0.208. The third-order valence-electron chi connectivity index (χ3n) is 5.39. The SMILES string of the molecule is O=C(Cn1cc(Nc2ncnc3cc(OCCCNCC(O)CO)ccc23)cn1)Nc1cccc(F)c1F. The lowest BCUT2D eigenvalue weighted by atomic mass is 10.2. The number of halogens is 2. The predicted octanol–water partition coefficient (Wildman–Crippen LogP) is 2.20. The minimum atomic E-state index is -1.13. The summed E-state index contributed by atoms with van der Waals surface area (Å²) in [4.78, 5) is 20.8. The Bertz CT molecular complexity index is 1390. The van der Waals surface area contributed by atoms with Crippen LogP contribution in [0.25, 0.3) is 10.9 Å². The molecule has 1 amide bonds. The number of rotatable bonds is 13. The van der Waals surface area contributed by atoms with Gasteiger partial charge in [-0.1, -0.05) is 6.07 Å². The number of aliphatic hydroxyl groups is 2. The predicted molar refractivity (Wildman–Crippen MR) is 136 cm³/mol. The number of fused-ring (bicyclic) bond motifs is 1. The Kier molecular flexibility index (Phi) is 9.08. The number of nitrogens with zero attached hydrogens (tertiary/aromatic N) is 4. The van der Waals surface area contributed by atoms with Crippen molar-refractivity contribution in [2.75, 3.05) is 36.9 Å². The Hall–Kier alpha value is -4.20. The summed E-state index contributed by atoms with van der Waals surface area (Å²) in [6.07, 6.45) is 4.45. The van der Waals surface area contributed by atoms with E-state index >= 15 is 0 Å². The van der Waals surface area contributed by atoms with Gasteiger partial charge in [0.1, 0.15) is 24.4 Å². The van der Waals surface area contributed by atoms with Crippen LogP contribution in [0.15, 0.2) is 55.1 Å². The number of nitrogens with one attached hydrogen (secondary N) is 3. The zero-order chi connectivity index (χ0) is 26.9. The number of aliphatic hydroxyl groups excluding tert-OH is 2. The molecule has 38 heavy (non-hydrogen) atoms. The molecule has 4 rings (SSSR count). The standard InChI is InChI=1S/C25H27F2N7O4/c26-20-3-1-4-21(24(20)27)33-23(37)13-34-12-16(10-31-34)32-25-19-6-5-18(9-22(19)29-15-30-25)38-8-2-7-28-11-17(36)14-35/h1,3-6,9-10,12,15,17,28,35-36H,2,7-8,11,13-14H2,(H,33,37)(H,29,30,32). The summed E-state index contributed by atoms with van der Waals surface area (Å²) in [6.45, 7) is 0.931. The van der Waals surface area contributed by atoms with E-state index in [1.54, 1.807) is 18.3 Å². The van der Waals surface area contributed by atoms with Crippen LogP contribution in [-0.2, 0) is 11.3 Å². The summed E-state index contributed by atoms with van der Waals surface area (Å²) in [7, 11) is 0. The fourth-order valence-corrected chi connectivity index (χ4v) is 3.54. The molecule has 0 aliphatic carbocycles. The fourth-order valence-electron chi connectivity index (χ4n) is 3.54. The van der Waals surface area contributed by atoms with Gasteiger partial charge in [0.05, 0.1) is 42.4 Å². The highest BCUT2D eigenvalue weighted by molar-refractivity contribution is 5.92. The molecule has 0 saturated heterocycles. The van der Waals surface area contributed by atoms with Crippen LogP contribution in [0, 0.1) is 11.6 Å². The highest BCUT2D eigenvalue weighted by Gasteiger charge is 2.12. The summed E-state index contributed by atoms with van der Waals surface area (Å²) >= 11 is 0. The van der Waals surface area contributed by atoms with E-state index < -0.39 is 23.6 Å². The molecule has 0 radical (unpaired) electrons. The average molecular weight is 528 g/mol. The molecule has 200 valence electrons. The summed E-state index contributed by atoms with van der Waals surface area (Å²) < 4.78 is 34.3. The molecule has 0 saturated carbocycles. The first kappa shape index (κ1) is 26.9. The van der Waals surface area contributed by atoms with Crippen LogP contribution in [0.1, 0.15) is 6.42 Å². The Labute approximate surface area is 216 Å². The average Bonchev–Trinajstić information content (AvgIpc) is 3.35. The summed E-state index contributed by atoms with van der Waals surface area (Å²) in [5, 5.41) is 31.5. The number of hydrogen-bond acceptors (Lipinski definition) is 9. The van der Waals surface area contributed by atoms with Gasteiger partial charge in [0.25, 0.3) is 0 Å². The second-order valence-electron chi connectivity index (χ2n) is 8.34. The van der Waals surface area contributed by atoms with Gasteiger partial charge < -0.3 is 30.9 Å². The maximum atomic E-state index is 13.8. The third-order valence-corrected chi connectivity index (χ3v) is 5.39. The topological polar surface area (TPSA) is 146 Å². The van der Waals surface area contributed by atoms with Crippen molar-refractivity contribution >= 4 is 34.0 Å². The van der Waals surface area contributed by atoms with Crippen LogP contribution in [0.4, 0.5) is 26.0 Å². The Balaban J connectivity index is 1.32. The number of aromatic nitrogens is 4. The van der Waals surface area contributed by atoms with Gasteiger partial charge in [-0.05, 0) is 37.2 Å². The van der Waals surface area contributed by atoms with Gasteiger partial charge in [-0.2, -0.15) is 5.10 Å². The Morgan fingerprint density at radius 3 is 2.89 bits per heavy atom. The van der Waals surface area contributed by atoms with E-state index in [9.17, 15) is 18.7 Å². The highest BCUT2D eigenvalue weighted by atomic mass is 19.2. The molecule has 1 unspecified atom stereocenters. The highest BCUT2D eigenvalue weighted by Crippen LogP contribution is 2.26. The molecular formula is C25H27F2N7O4. The first-order valence-corrected chi connectivity index (χ1v) is 11.8. The van der Waals surface area contributed by atoms with Crippen LogP contribution >= 0.6 is 0 Å². The van der Waals surface area contributed by atoms with Crippen molar-refractivity contribution in [3.05, 3.63) is 66.8 Å². The normalized spacial score (nSPS) is 11.9. The van der Waals surface area contributed by atoms with E-state index in [2.05, 4.69) is 31.0 Å². The molecule has 0 aliphatic rings. The Morgan fingerprint density at radius 1 is 1.18 bits per heavy atom. The number of benzene rings is 2. The summed E-state index contributed by atoms with van der Waals surface area (Å²) in [5.41, 5.74) is 0.979. The molecule has 0 bridgehead atoms. The van der Waals surface area contributed by atoms with Gasteiger partial charge in [-0.15, -0.1) is 0 Å². The lowest BCUT2D eigenvalue weighted by Gasteiger charge is -2.11. The van der Waals surface area contributed by atoms with Crippen molar-refractivity contribution in [3.8, 4) is 5.75 Å². The first-order valence-electron chi connectivity index (χ1n) is 11.8. The maximum absolute atomic E-state index is 13.8. The molecule has 5 N–H and O–H groups in total. The fraction of sp³-hybridized carbons (Fsp3) is 0.280. The van der Waals surface area contributed by atoms with Crippen LogP contribution in [0.3, 0.4) is 0 Å². The van der Waals surface area contributed by atoms with Gasteiger partial charge in [0.2, 0.25) is 5.91 Å². The van der Waals surface area contributed by atoms with Crippen LogP contribution in [0.5, 0.6) is 5.75 Å². The largest absolute Gasteiger partial charge is 0.493 e. The molecule has 11 nitrogen and oxygen atoms in total. The number of anilines is 3. The van der Waals surface area contributed by atoms with E-state index in [0.29, 0.717) is 48.9 Å². The van der Waals surface area contributed by atoms with E-state index in [1.807, 2.05) is 6.07 Å². The first-order chi connectivity index (χ1) is 18.4. The van der Waals surface area contributed by atoms with Crippen molar-refractivity contribution in [1.82, 2.24) is 25.1 Å². The summed E-state index contributed by atoms with van der Waals surface area (Å²) in [5.74, 6) is -1.57. The third kappa shape index (κ3) is 7.18. The van der Waals surface area contributed by atoms with Crippen molar-refractivity contribution < 1.29 is 28.5 Å². The van der Waals surface area contributed by atoms with Crippen LogP contribution in [0.2, 0.25) is 0 Å². The molecule has 0 aliphatic heterocycles. The van der Waals surface area contributed by atoms with E-state index in [0.717, 1.165) is 11.5 Å². The summed E-state index contributed by atoms with van der Waals surface area (Å²) in [6, 6.07) is 8.97. The van der Waals surface area contributed by atoms with Crippen molar-refractivity contribution in [3.63, 3.8) is 0 Å². The number of hydrogen-bond donors (Lipinski definition) is 5. The number of carbonyl (C=O) groups is 1. The molecular weight excluding hydrogens is 500 g/mol. The Morgan fingerprint density at radius 2 is 2.05 bits per heavy atom. The minimum Gasteiger partial charge on any atom is -0.493 e. The molecule has 0 fully saturated rings. The molecule has 2 aromatic heterocycles. The monoisotopic (exact) mass is 527 g/mol. The number of amides is 1. The number of carbonyl (C=O) groups excluding carboxylic acids is 1. The molecule has 2 heterocycles. The lowest BCUT2D eigenvalue weighted by molar-refractivity contribution is -0.116. The van der Waals surface area contributed by atoms with Gasteiger partial charge in [-0.25, -0.2) is 18.7 Å². The zero-order valence-corrected chi connectivity index (χ0v) is 20.3. The van der Waals surface area contributed by atoms with Gasteiger partial charge in [0.15, 0.2) is 11.6 Å². The number of ether oxygens (including phenoxy) is 1. The van der Waals surface area contributed by atoms with E-state index in [1.165, 1.54) is 29.3 Å². The second-order valence-corrected chi connectivity index (χ2v) is 8.34.